The molecule has 0 spiro atoms. The van der Waals surface area contributed by atoms with E-state index in [9.17, 15) is 8.42 Å². The van der Waals surface area contributed by atoms with Crippen molar-refractivity contribution in [2.24, 2.45) is 0 Å². The molecule has 4 heterocycles. The molecule has 1 N–H and O–H groups in total. The lowest BCUT2D eigenvalue weighted by Crippen LogP contribution is -2.53. The molecule has 3 fully saturated rings. The Hall–Kier alpha value is -3.09. The fourth-order valence-corrected chi connectivity index (χ4v) is 9.93. The summed E-state index contributed by atoms with van der Waals surface area (Å²) in [5, 5.41) is 3.52. The van der Waals surface area contributed by atoms with Crippen LogP contribution in [0.5, 0.6) is 11.6 Å². The van der Waals surface area contributed by atoms with Gasteiger partial charge in [-0.25, -0.2) is 13.4 Å². The Balaban J connectivity index is 0.981. The van der Waals surface area contributed by atoms with Crippen molar-refractivity contribution in [1.29, 1.82) is 0 Å². The third-order valence-electron chi connectivity index (χ3n) is 10.3. The quantitative estimate of drug-likeness (QED) is 0.265. The van der Waals surface area contributed by atoms with Gasteiger partial charge in [-0.15, -0.1) is 0 Å². The lowest BCUT2D eigenvalue weighted by Gasteiger charge is -2.48. The number of hydrogen-bond acceptors (Lipinski definition) is 9. The third kappa shape index (κ3) is 7.49. The van der Waals surface area contributed by atoms with Crippen molar-refractivity contribution < 1.29 is 17.9 Å². The number of nitrogens with one attached hydrogen (secondary N) is 1. The SMILES string of the molecule is COc1cc(C)c(S(=O)(=O)N2CCC[C@H]2COc2ccnc(CNCCN3CCC(c4ccccc4)(N4CCCC4)CC3)n2)c(C)c1. The van der Waals surface area contributed by atoms with Crippen LogP contribution in [0.1, 0.15) is 61.0 Å². The van der Waals surface area contributed by atoms with Crippen molar-refractivity contribution in [2.45, 2.75) is 75.4 Å². The van der Waals surface area contributed by atoms with E-state index in [4.69, 9.17) is 9.47 Å². The van der Waals surface area contributed by atoms with Gasteiger partial charge in [-0.05, 0) is 94.3 Å². The summed E-state index contributed by atoms with van der Waals surface area (Å²) in [6.45, 7) is 11.4. The van der Waals surface area contributed by atoms with Crippen LogP contribution in [-0.2, 0) is 22.1 Å². The lowest BCUT2D eigenvalue weighted by molar-refractivity contribution is 0.0345. The van der Waals surface area contributed by atoms with E-state index in [1.54, 1.807) is 35.8 Å². The van der Waals surface area contributed by atoms with Crippen LogP contribution < -0.4 is 14.8 Å². The van der Waals surface area contributed by atoms with E-state index in [1.165, 1.54) is 44.3 Å². The molecule has 6 rings (SSSR count). The van der Waals surface area contributed by atoms with Gasteiger partial charge >= 0.3 is 0 Å². The Bertz CT molecular complexity index is 1570. The van der Waals surface area contributed by atoms with E-state index in [1.807, 2.05) is 13.8 Å². The van der Waals surface area contributed by atoms with Crippen LogP contribution >= 0.6 is 0 Å². The average molecular weight is 663 g/mol. The van der Waals surface area contributed by atoms with Gasteiger partial charge in [0.05, 0.1) is 24.6 Å². The molecule has 0 unspecified atom stereocenters. The van der Waals surface area contributed by atoms with Crippen LogP contribution in [0.4, 0.5) is 0 Å². The predicted molar refractivity (Wildman–Crippen MR) is 183 cm³/mol. The molecule has 0 amide bonds. The van der Waals surface area contributed by atoms with Gasteiger partial charge in [-0.1, -0.05) is 30.3 Å². The number of sulfonamides is 1. The molecule has 47 heavy (non-hydrogen) atoms. The van der Waals surface area contributed by atoms with E-state index in [2.05, 4.69) is 55.4 Å². The highest BCUT2D eigenvalue weighted by Crippen LogP contribution is 2.41. The molecule has 0 radical (unpaired) electrons. The number of methoxy groups -OCH3 is 1. The van der Waals surface area contributed by atoms with E-state index >= 15 is 0 Å². The first kappa shape index (κ1) is 33.8. The summed E-state index contributed by atoms with van der Waals surface area (Å²) in [5.74, 6) is 1.79. The fraction of sp³-hybridized carbons (Fsp3) is 0.556. The van der Waals surface area contributed by atoms with Crippen molar-refractivity contribution >= 4 is 10.0 Å². The van der Waals surface area contributed by atoms with E-state index in [-0.39, 0.29) is 18.2 Å². The van der Waals surface area contributed by atoms with Crippen LogP contribution in [0.25, 0.3) is 0 Å². The maximum atomic E-state index is 13.8. The van der Waals surface area contributed by atoms with Crippen LogP contribution in [0.15, 0.2) is 59.6 Å². The number of nitrogens with zero attached hydrogens (tertiary/aromatic N) is 5. The highest BCUT2D eigenvalue weighted by Gasteiger charge is 2.42. The van der Waals surface area contributed by atoms with Crippen molar-refractivity contribution in [3.05, 3.63) is 77.2 Å². The van der Waals surface area contributed by atoms with Gasteiger partial charge in [-0.2, -0.15) is 9.29 Å². The zero-order chi connectivity index (χ0) is 32.9. The monoisotopic (exact) mass is 662 g/mol. The molecule has 3 aromatic rings. The van der Waals surface area contributed by atoms with E-state index in [0.29, 0.717) is 46.6 Å². The van der Waals surface area contributed by atoms with Crippen LogP contribution in [0.3, 0.4) is 0 Å². The molecule has 1 atom stereocenters. The molecular formula is C36H50N6O4S. The molecule has 3 aliphatic rings. The number of ether oxygens (including phenoxy) is 2. The number of aryl methyl sites for hydroxylation is 2. The first-order chi connectivity index (χ1) is 22.8. The predicted octanol–water partition coefficient (Wildman–Crippen LogP) is 4.51. The van der Waals surface area contributed by atoms with Crippen molar-refractivity contribution in [3.8, 4) is 11.6 Å². The molecule has 1 aromatic heterocycles. The minimum atomic E-state index is -3.69. The number of benzene rings is 2. The number of piperidine rings is 1. The van der Waals surface area contributed by atoms with Crippen LogP contribution in [0, 0.1) is 13.8 Å². The number of likely N-dealkylation sites (tertiary alicyclic amines) is 2. The second-order valence-electron chi connectivity index (χ2n) is 13.2. The number of aromatic nitrogens is 2. The standard InChI is InChI=1S/C36H50N6O4S/c1-28-24-32(45-3)25-29(2)35(28)47(43,44)42-20-9-12-31(42)27-46-34-13-16-38-33(39-34)26-37-17-23-40-21-14-36(15-22-40,41-18-7-8-19-41)30-10-5-4-6-11-30/h4-6,10-11,13,16,24-25,31,37H,7-9,12,14-15,17-23,26-27H2,1-3H3/t31-/m0/s1. The van der Waals surface area contributed by atoms with Gasteiger partial charge in [0.1, 0.15) is 18.2 Å². The van der Waals surface area contributed by atoms with Gasteiger partial charge in [0, 0.05) is 50.5 Å². The smallest absolute Gasteiger partial charge is 0.243 e. The third-order valence-corrected chi connectivity index (χ3v) is 12.5. The van der Waals surface area contributed by atoms with Crippen molar-refractivity contribution in [1.82, 2.24) is 29.4 Å². The molecule has 11 heteroatoms. The Labute approximate surface area is 280 Å². The molecule has 0 saturated carbocycles. The van der Waals surface area contributed by atoms with Crippen LogP contribution in [0.2, 0.25) is 0 Å². The summed E-state index contributed by atoms with van der Waals surface area (Å²) in [5.41, 5.74) is 3.01. The summed E-state index contributed by atoms with van der Waals surface area (Å²) < 4.78 is 40.5. The van der Waals surface area contributed by atoms with Gasteiger partial charge < -0.3 is 19.7 Å². The van der Waals surface area contributed by atoms with Gasteiger partial charge in [-0.3, -0.25) is 4.90 Å². The Kier molecular flexibility index (Phi) is 10.8. The highest BCUT2D eigenvalue weighted by atomic mass is 32.2. The van der Waals surface area contributed by atoms with Crippen LogP contribution in [-0.4, -0.2) is 98.1 Å². The Morgan fingerprint density at radius 3 is 2.38 bits per heavy atom. The number of rotatable bonds is 13. The van der Waals surface area contributed by atoms with Gasteiger partial charge in [0.15, 0.2) is 0 Å². The minimum absolute atomic E-state index is 0.170. The van der Waals surface area contributed by atoms with Crippen molar-refractivity contribution in [3.63, 3.8) is 0 Å². The molecule has 254 valence electrons. The topological polar surface area (TPSA) is 100 Å². The minimum Gasteiger partial charge on any atom is -0.497 e. The average Bonchev–Trinajstić information content (AvgIpc) is 3.80. The van der Waals surface area contributed by atoms with E-state index in [0.717, 1.165) is 39.0 Å². The largest absolute Gasteiger partial charge is 0.497 e. The molecule has 3 aliphatic heterocycles. The summed E-state index contributed by atoms with van der Waals surface area (Å²) >= 11 is 0. The molecule has 0 bridgehead atoms. The zero-order valence-corrected chi connectivity index (χ0v) is 29.0. The summed E-state index contributed by atoms with van der Waals surface area (Å²) in [6, 6.07) is 16.2. The lowest BCUT2D eigenvalue weighted by atomic mass is 9.79. The highest BCUT2D eigenvalue weighted by molar-refractivity contribution is 7.89. The molecular weight excluding hydrogens is 613 g/mol. The Morgan fingerprint density at radius 1 is 0.957 bits per heavy atom. The molecule has 3 saturated heterocycles. The second-order valence-corrected chi connectivity index (χ2v) is 15.1. The second kappa shape index (κ2) is 15.0. The van der Waals surface area contributed by atoms with Crippen molar-refractivity contribution in [2.75, 3.05) is 59.5 Å². The molecule has 2 aromatic carbocycles. The summed E-state index contributed by atoms with van der Waals surface area (Å²) in [6.07, 6.45) is 8.19. The first-order valence-corrected chi connectivity index (χ1v) is 18.6. The summed E-state index contributed by atoms with van der Waals surface area (Å²) in [4.78, 5) is 14.7. The summed E-state index contributed by atoms with van der Waals surface area (Å²) in [7, 11) is -2.10. The van der Waals surface area contributed by atoms with Gasteiger partial charge in [0.2, 0.25) is 15.9 Å². The maximum Gasteiger partial charge on any atom is 0.243 e. The maximum absolute atomic E-state index is 13.8. The van der Waals surface area contributed by atoms with E-state index < -0.39 is 10.0 Å². The van der Waals surface area contributed by atoms with Gasteiger partial charge in [0.25, 0.3) is 0 Å². The number of hydrogen-bond donors (Lipinski definition) is 1. The molecule has 10 nitrogen and oxygen atoms in total. The normalized spacial score (nSPS) is 20.9. The molecule has 0 aliphatic carbocycles. The zero-order valence-electron chi connectivity index (χ0n) is 28.2. The Morgan fingerprint density at radius 2 is 1.68 bits per heavy atom. The fourth-order valence-electron chi connectivity index (χ4n) is 7.84. The first-order valence-electron chi connectivity index (χ1n) is 17.2.